The lowest BCUT2D eigenvalue weighted by Crippen LogP contribution is -2.63. The molecule has 0 aliphatic carbocycles. The fourth-order valence-corrected chi connectivity index (χ4v) is 8.02. The van der Waals surface area contributed by atoms with Crippen LogP contribution in [0.3, 0.4) is 0 Å². The van der Waals surface area contributed by atoms with Gasteiger partial charge in [-0.2, -0.15) is 4.31 Å². The van der Waals surface area contributed by atoms with Crippen LogP contribution in [0.5, 0.6) is 5.75 Å². The Bertz CT molecular complexity index is 1670. The molecule has 3 aliphatic heterocycles. The van der Waals surface area contributed by atoms with Crippen molar-refractivity contribution in [3.8, 4) is 5.75 Å². The van der Waals surface area contributed by atoms with Crippen molar-refractivity contribution in [2.45, 2.75) is 36.4 Å². The van der Waals surface area contributed by atoms with Crippen LogP contribution in [0.2, 0.25) is 5.02 Å². The smallest absolute Gasteiger partial charge is 0.412 e. The first-order chi connectivity index (χ1) is 21.2. The molecule has 46 heavy (non-hydrogen) atoms. The van der Waals surface area contributed by atoms with Crippen LogP contribution in [0, 0.1) is 5.92 Å². The molecule has 0 radical (unpaired) electrons. The van der Waals surface area contributed by atoms with E-state index in [2.05, 4.69) is 17.1 Å². The van der Waals surface area contributed by atoms with Gasteiger partial charge in [-0.25, -0.2) is 13.2 Å². The van der Waals surface area contributed by atoms with Gasteiger partial charge >= 0.3 is 6.09 Å². The molecule has 0 aromatic heterocycles. The maximum Gasteiger partial charge on any atom is 0.412 e. The van der Waals surface area contributed by atoms with Crippen LogP contribution in [-0.2, 0) is 25.2 Å². The number of piperazine rings is 1. The van der Waals surface area contributed by atoms with Gasteiger partial charge in [0.25, 0.3) is 15.9 Å². The van der Waals surface area contributed by atoms with Gasteiger partial charge in [-0.05, 0) is 55.2 Å². The number of halogens is 3. The minimum Gasteiger partial charge on any atom is -0.496 e. The van der Waals surface area contributed by atoms with E-state index in [1.807, 2.05) is 0 Å². The number of amides is 2. The number of ether oxygens (including phenoxy) is 2. The number of anilines is 1. The molecule has 2 fully saturated rings. The van der Waals surface area contributed by atoms with E-state index >= 15 is 0 Å². The first kappa shape index (κ1) is 35.8. The third kappa shape index (κ3) is 6.16. The largest absolute Gasteiger partial charge is 0.496 e. The summed E-state index contributed by atoms with van der Waals surface area (Å²) in [5.41, 5.74) is -1.85. The number of fused-ring (bicyclic) bond motifs is 1. The highest BCUT2D eigenvalue weighted by Crippen LogP contribution is 2.52. The van der Waals surface area contributed by atoms with E-state index in [-0.39, 0.29) is 63.5 Å². The SMILES string of the molecule is COc1ccccc1C1(OC(=O)N2CCNCC2N2CCC(C)CC2)C(=O)N(S(=O)(=O)c2ccccc2)c2ccc(Cl)cc21.Cl.Cl. The maximum absolute atomic E-state index is 14.9. The number of methoxy groups -OCH3 is 1. The highest BCUT2D eigenvalue weighted by Gasteiger charge is 2.61. The predicted octanol–water partition coefficient (Wildman–Crippen LogP) is 5.27. The monoisotopic (exact) mass is 710 g/mol. The second-order valence-corrected chi connectivity index (χ2v) is 13.6. The average molecular weight is 712 g/mol. The number of piperidine rings is 1. The number of likely N-dealkylation sites (tertiary alicyclic amines) is 1. The molecule has 10 nitrogen and oxygen atoms in total. The summed E-state index contributed by atoms with van der Waals surface area (Å²) in [6.07, 6.45) is 1.000. The fourth-order valence-electron chi connectivity index (χ4n) is 6.37. The normalized spacial score (nSPS) is 22.0. The van der Waals surface area contributed by atoms with Crippen LogP contribution >= 0.6 is 36.4 Å². The quantitative estimate of drug-likeness (QED) is 0.369. The van der Waals surface area contributed by atoms with Gasteiger partial charge in [0, 0.05) is 43.3 Å². The average Bonchev–Trinajstić information content (AvgIpc) is 3.29. The number of benzene rings is 3. The zero-order valence-corrected chi connectivity index (χ0v) is 28.6. The molecule has 3 aromatic carbocycles. The second kappa shape index (κ2) is 14.4. The third-order valence-electron chi connectivity index (χ3n) is 8.74. The van der Waals surface area contributed by atoms with Gasteiger partial charge in [-0.3, -0.25) is 14.6 Å². The number of para-hydroxylation sites is 1. The minimum atomic E-state index is -4.43. The number of carbonyl (C=O) groups is 2. The van der Waals surface area contributed by atoms with Gasteiger partial charge in [0.15, 0.2) is 0 Å². The molecule has 0 saturated carbocycles. The molecule has 3 aliphatic rings. The Morgan fingerprint density at radius 2 is 1.63 bits per heavy atom. The zero-order chi connectivity index (χ0) is 31.1. The zero-order valence-electron chi connectivity index (χ0n) is 25.4. The summed E-state index contributed by atoms with van der Waals surface area (Å²) < 4.78 is 41.0. The molecule has 1 N–H and O–H groups in total. The Hall–Kier alpha value is -3.06. The van der Waals surface area contributed by atoms with Crippen LogP contribution in [0.25, 0.3) is 0 Å². The number of nitrogens with one attached hydrogen (secondary N) is 1. The minimum absolute atomic E-state index is 0. The van der Waals surface area contributed by atoms with E-state index in [1.54, 1.807) is 47.4 Å². The van der Waals surface area contributed by atoms with Crippen molar-refractivity contribution in [2.24, 2.45) is 5.92 Å². The molecular formula is C32H37Cl3N4O6S. The summed E-state index contributed by atoms with van der Waals surface area (Å²) in [7, 11) is -2.99. The summed E-state index contributed by atoms with van der Waals surface area (Å²) in [5.74, 6) is -0.109. The molecule has 6 rings (SSSR count). The van der Waals surface area contributed by atoms with Crippen LogP contribution in [0.15, 0.2) is 77.7 Å². The van der Waals surface area contributed by atoms with E-state index < -0.39 is 27.6 Å². The number of sulfonamides is 1. The molecule has 2 amide bonds. The predicted molar refractivity (Wildman–Crippen MR) is 181 cm³/mol. The Morgan fingerprint density at radius 3 is 2.33 bits per heavy atom. The van der Waals surface area contributed by atoms with Crippen molar-refractivity contribution < 1.29 is 27.5 Å². The lowest BCUT2D eigenvalue weighted by molar-refractivity contribution is -0.133. The molecule has 3 heterocycles. The number of rotatable bonds is 6. The number of hydrogen-bond acceptors (Lipinski definition) is 8. The third-order valence-corrected chi connectivity index (χ3v) is 10.7. The molecular weight excluding hydrogens is 675 g/mol. The van der Waals surface area contributed by atoms with Crippen molar-refractivity contribution in [1.82, 2.24) is 15.1 Å². The molecule has 2 atom stereocenters. The van der Waals surface area contributed by atoms with E-state index in [0.717, 1.165) is 30.2 Å². The van der Waals surface area contributed by atoms with Crippen molar-refractivity contribution in [3.05, 3.63) is 88.9 Å². The Morgan fingerprint density at radius 1 is 0.957 bits per heavy atom. The highest BCUT2D eigenvalue weighted by atomic mass is 35.5. The van der Waals surface area contributed by atoms with Gasteiger partial charge in [0.05, 0.1) is 23.3 Å². The summed E-state index contributed by atoms with van der Waals surface area (Å²) in [4.78, 5) is 33.0. The molecule has 2 saturated heterocycles. The Kier molecular flexibility index (Phi) is 11.2. The molecule has 3 aromatic rings. The van der Waals surface area contributed by atoms with E-state index in [0.29, 0.717) is 25.6 Å². The summed E-state index contributed by atoms with van der Waals surface area (Å²) in [6.45, 7) is 5.31. The van der Waals surface area contributed by atoms with Gasteiger partial charge in [-0.1, -0.05) is 54.9 Å². The van der Waals surface area contributed by atoms with Crippen molar-refractivity contribution in [1.29, 1.82) is 0 Å². The fraction of sp³-hybridized carbons (Fsp3) is 0.375. The summed E-state index contributed by atoms with van der Waals surface area (Å²) >= 11 is 6.48. The van der Waals surface area contributed by atoms with Crippen molar-refractivity contribution in [2.75, 3.05) is 44.1 Å². The number of carbonyl (C=O) groups excluding carboxylic acids is 2. The van der Waals surface area contributed by atoms with Gasteiger partial charge in [0.1, 0.15) is 11.9 Å². The van der Waals surface area contributed by atoms with Crippen LogP contribution in [0.4, 0.5) is 10.5 Å². The second-order valence-electron chi connectivity index (χ2n) is 11.4. The maximum atomic E-state index is 14.9. The molecule has 0 spiro atoms. The summed E-state index contributed by atoms with van der Waals surface area (Å²) in [5, 5.41) is 3.62. The van der Waals surface area contributed by atoms with Crippen LogP contribution < -0.4 is 14.4 Å². The van der Waals surface area contributed by atoms with Gasteiger partial charge < -0.3 is 14.8 Å². The molecule has 248 valence electrons. The number of nitrogens with zero attached hydrogens (tertiary/aromatic N) is 3. The topological polar surface area (TPSA) is 108 Å². The van der Waals surface area contributed by atoms with Crippen LogP contribution in [0.1, 0.15) is 30.9 Å². The Labute approximate surface area is 286 Å². The van der Waals surface area contributed by atoms with E-state index in [9.17, 15) is 18.0 Å². The Balaban J connectivity index is 0.00000240. The standard InChI is InChI=1S/C32H35ClN4O6S.2ClH/c1-22-14-17-35(18-15-22)29-21-34-16-19-36(29)31(39)43-32(25-10-6-7-11-28(25)42-2)26-20-23(33)12-13-27(26)37(30(32)38)44(40,41)24-8-4-3-5-9-24;;/h3-13,20,22,29,34H,14-19,21H2,1-2H3;2*1H. The van der Waals surface area contributed by atoms with Crippen LogP contribution in [-0.4, -0.2) is 76.2 Å². The number of hydrogen-bond donors (Lipinski definition) is 1. The van der Waals surface area contributed by atoms with Gasteiger partial charge in [0.2, 0.25) is 5.60 Å². The van der Waals surface area contributed by atoms with Crippen molar-refractivity contribution in [3.63, 3.8) is 0 Å². The first-order valence-electron chi connectivity index (χ1n) is 14.7. The first-order valence-corrected chi connectivity index (χ1v) is 16.5. The molecule has 14 heteroatoms. The lowest BCUT2D eigenvalue weighted by atomic mass is 9.86. The highest BCUT2D eigenvalue weighted by molar-refractivity contribution is 7.93. The summed E-state index contributed by atoms with van der Waals surface area (Å²) in [6, 6.07) is 18.8. The van der Waals surface area contributed by atoms with E-state index in [1.165, 1.54) is 37.4 Å². The van der Waals surface area contributed by atoms with Crippen molar-refractivity contribution >= 4 is 64.1 Å². The van der Waals surface area contributed by atoms with Gasteiger partial charge in [-0.15, -0.1) is 24.8 Å². The molecule has 0 bridgehead atoms. The van der Waals surface area contributed by atoms with E-state index in [4.69, 9.17) is 21.1 Å². The lowest BCUT2D eigenvalue weighted by Gasteiger charge is -2.45. The molecule has 2 unspecified atom stereocenters.